The van der Waals surface area contributed by atoms with Gasteiger partial charge in [-0.25, -0.2) is 4.98 Å². The summed E-state index contributed by atoms with van der Waals surface area (Å²) >= 11 is 0. The zero-order valence-electron chi connectivity index (χ0n) is 28.8. The minimum atomic E-state index is -0.190. The third-order valence-corrected chi connectivity index (χ3v) is 11.1. The fourth-order valence-corrected chi connectivity index (χ4v) is 8.32. The molecule has 5 heterocycles. The number of likely N-dealkylation sites (N-methyl/N-ethyl adjacent to an activating group) is 1. The van der Waals surface area contributed by atoms with E-state index in [1.807, 2.05) is 11.0 Å². The van der Waals surface area contributed by atoms with Gasteiger partial charge in [-0.3, -0.25) is 9.69 Å². The molecule has 3 atom stereocenters. The van der Waals surface area contributed by atoms with Crippen LogP contribution in [0.3, 0.4) is 0 Å². The number of piperazine rings is 1. The van der Waals surface area contributed by atoms with Crippen LogP contribution in [-0.2, 0) is 28.8 Å². The largest absolute Gasteiger partial charge is 0.379 e. The molecule has 0 N–H and O–H groups in total. The number of para-hydroxylation sites is 1. The van der Waals surface area contributed by atoms with Gasteiger partial charge in [0.15, 0.2) is 0 Å². The quantitative estimate of drug-likeness (QED) is 0.396. The first-order valence-electron chi connectivity index (χ1n) is 18.0. The number of amides is 1. The zero-order valence-corrected chi connectivity index (χ0v) is 28.8. The molecular formula is C37H51N9O2. The van der Waals surface area contributed by atoms with E-state index in [4.69, 9.17) is 14.7 Å². The van der Waals surface area contributed by atoms with Gasteiger partial charge in [-0.05, 0) is 57.8 Å². The highest BCUT2D eigenvalue weighted by molar-refractivity contribution is 5.88. The highest BCUT2D eigenvalue weighted by Gasteiger charge is 2.36. The van der Waals surface area contributed by atoms with Crippen LogP contribution in [0.2, 0.25) is 0 Å². The summed E-state index contributed by atoms with van der Waals surface area (Å²) in [6, 6.07) is 12.0. The van der Waals surface area contributed by atoms with Crippen LogP contribution in [-0.4, -0.2) is 135 Å². The number of rotatable bonds is 8. The Morgan fingerprint density at radius 3 is 2.69 bits per heavy atom. The molecule has 1 aromatic carbocycles. The molecule has 0 spiro atoms. The lowest BCUT2D eigenvalue weighted by molar-refractivity contribution is -0.128. The number of nitrogens with zero attached hydrogens (tertiary/aromatic N) is 9. The van der Waals surface area contributed by atoms with E-state index in [0.29, 0.717) is 38.1 Å². The number of aromatic nitrogens is 2. The maximum absolute atomic E-state index is 13.4. The molecule has 3 fully saturated rings. The smallest absolute Gasteiger partial charge is 0.246 e. The van der Waals surface area contributed by atoms with Crippen molar-refractivity contribution >= 4 is 23.4 Å². The minimum absolute atomic E-state index is 0.00925. The molecule has 1 aliphatic carbocycles. The molecule has 1 amide bonds. The van der Waals surface area contributed by atoms with Crippen LogP contribution in [0.4, 0.5) is 17.5 Å². The number of hydrogen-bond donors (Lipinski definition) is 0. The summed E-state index contributed by atoms with van der Waals surface area (Å²) in [6.07, 6.45) is 10.3. The fraction of sp³-hybridized carbons (Fsp3) is 0.622. The summed E-state index contributed by atoms with van der Waals surface area (Å²) in [4.78, 5) is 37.9. The van der Waals surface area contributed by atoms with E-state index in [1.54, 1.807) is 6.08 Å². The van der Waals surface area contributed by atoms with Crippen molar-refractivity contribution in [1.82, 2.24) is 24.7 Å². The van der Waals surface area contributed by atoms with Gasteiger partial charge in [0.05, 0.1) is 37.4 Å². The number of aryl methyl sites for hydroxylation is 1. The molecule has 1 aromatic heterocycles. The predicted molar refractivity (Wildman–Crippen MR) is 189 cm³/mol. The molecule has 0 radical (unpaired) electrons. The Hall–Kier alpha value is -3.72. The fourth-order valence-electron chi connectivity index (χ4n) is 8.32. The van der Waals surface area contributed by atoms with E-state index < -0.39 is 0 Å². The topological polar surface area (TPSA) is 95.3 Å². The maximum atomic E-state index is 13.4. The second-order valence-electron chi connectivity index (χ2n) is 14.3. The summed E-state index contributed by atoms with van der Waals surface area (Å²) in [5, 5.41) is 9.81. The molecule has 4 aliphatic heterocycles. The van der Waals surface area contributed by atoms with Crippen molar-refractivity contribution in [3.05, 3.63) is 53.2 Å². The number of carbonyl (C=O) groups excluding carboxylic acids is 1. The van der Waals surface area contributed by atoms with Crippen molar-refractivity contribution in [3.8, 4) is 6.07 Å². The summed E-state index contributed by atoms with van der Waals surface area (Å²) in [6.45, 7) is 8.81. The van der Waals surface area contributed by atoms with E-state index in [-0.39, 0.29) is 11.9 Å². The molecule has 11 heteroatoms. The van der Waals surface area contributed by atoms with Gasteiger partial charge in [-0.15, -0.1) is 0 Å². The summed E-state index contributed by atoms with van der Waals surface area (Å²) in [5.74, 6) is 1.83. The van der Waals surface area contributed by atoms with Crippen LogP contribution >= 0.6 is 0 Å². The minimum Gasteiger partial charge on any atom is -0.379 e. The van der Waals surface area contributed by atoms with E-state index in [1.165, 1.54) is 28.9 Å². The molecule has 5 aliphatic rings. The van der Waals surface area contributed by atoms with Gasteiger partial charge in [0.25, 0.3) is 0 Å². The number of benzene rings is 1. The van der Waals surface area contributed by atoms with Crippen molar-refractivity contribution in [1.29, 1.82) is 5.26 Å². The Kier molecular flexibility index (Phi) is 10.1. The van der Waals surface area contributed by atoms with Crippen LogP contribution in [0.25, 0.3) is 0 Å². The first-order chi connectivity index (χ1) is 23.5. The Balaban J connectivity index is 1.13. The van der Waals surface area contributed by atoms with Crippen molar-refractivity contribution in [3.63, 3.8) is 0 Å². The number of nitriles is 1. The van der Waals surface area contributed by atoms with Gasteiger partial charge < -0.3 is 29.2 Å². The molecule has 1 unspecified atom stereocenters. The first kappa shape index (κ1) is 32.8. The number of anilines is 3. The molecule has 3 saturated heterocycles. The van der Waals surface area contributed by atoms with Crippen LogP contribution in [0.1, 0.15) is 42.5 Å². The van der Waals surface area contributed by atoms with Crippen molar-refractivity contribution in [2.45, 2.75) is 63.1 Å². The third kappa shape index (κ3) is 7.02. The average Bonchev–Trinajstić information content (AvgIpc) is 3.62. The number of morpholine rings is 1. The lowest BCUT2D eigenvalue weighted by Gasteiger charge is -2.43. The van der Waals surface area contributed by atoms with Crippen LogP contribution in [0.15, 0.2) is 36.4 Å². The number of ether oxygens (including phenoxy) is 1. The molecule has 48 heavy (non-hydrogen) atoms. The third-order valence-electron chi connectivity index (χ3n) is 11.1. The lowest BCUT2D eigenvalue weighted by Crippen LogP contribution is -2.55. The zero-order chi connectivity index (χ0) is 33.0. The summed E-state index contributed by atoms with van der Waals surface area (Å²) in [7, 11) is 4.31. The van der Waals surface area contributed by atoms with E-state index in [2.05, 4.69) is 68.9 Å². The Labute approximate surface area is 285 Å². The number of fused-ring (bicyclic) bond motifs is 2. The van der Waals surface area contributed by atoms with E-state index >= 15 is 0 Å². The lowest BCUT2D eigenvalue weighted by atomic mass is 9.88. The monoisotopic (exact) mass is 653 g/mol. The Morgan fingerprint density at radius 1 is 1.02 bits per heavy atom. The van der Waals surface area contributed by atoms with Gasteiger partial charge in [-0.1, -0.05) is 24.3 Å². The molecular weight excluding hydrogens is 602 g/mol. The van der Waals surface area contributed by atoms with Crippen molar-refractivity contribution < 1.29 is 9.53 Å². The summed E-state index contributed by atoms with van der Waals surface area (Å²) < 4.78 is 5.45. The predicted octanol–water partition coefficient (Wildman–Crippen LogP) is 2.75. The Bertz CT molecular complexity index is 1520. The van der Waals surface area contributed by atoms with E-state index in [0.717, 1.165) is 96.4 Å². The maximum Gasteiger partial charge on any atom is 0.246 e. The van der Waals surface area contributed by atoms with Gasteiger partial charge in [0, 0.05) is 94.7 Å². The van der Waals surface area contributed by atoms with Gasteiger partial charge in [0.2, 0.25) is 11.9 Å². The van der Waals surface area contributed by atoms with Crippen LogP contribution in [0.5, 0.6) is 0 Å². The van der Waals surface area contributed by atoms with Gasteiger partial charge in [-0.2, -0.15) is 10.2 Å². The van der Waals surface area contributed by atoms with Crippen LogP contribution in [0, 0.1) is 11.3 Å². The van der Waals surface area contributed by atoms with Gasteiger partial charge >= 0.3 is 0 Å². The molecule has 2 aromatic rings. The number of carbonyl (C=O) groups is 1. The number of hydrogen-bond acceptors (Lipinski definition) is 10. The highest BCUT2D eigenvalue weighted by atomic mass is 16.5. The first-order valence-corrected chi connectivity index (χ1v) is 18.0. The van der Waals surface area contributed by atoms with Gasteiger partial charge in [0.1, 0.15) is 5.82 Å². The molecule has 7 rings (SSSR count). The molecule has 256 valence electrons. The second kappa shape index (κ2) is 14.8. The second-order valence-corrected chi connectivity index (χ2v) is 14.3. The molecule has 0 bridgehead atoms. The average molecular weight is 654 g/mol. The SMILES string of the molecule is CN(C)[C@@H]1CCN(c2nc3c(c(N4CCN(C(=O)/C=C/CN5CCOCC5)[C@@H](CC#N)C4)n2)CCC(N2CCCc4ccccc42)C3)C1. The van der Waals surface area contributed by atoms with E-state index in [9.17, 15) is 10.1 Å². The highest BCUT2D eigenvalue weighted by Crippen LogP contribution is 2.37. The van der Waals surface area contributed by atoms with Crippen molar-refractivity contribution in [2.24, 2.45) is 0 Å². The standard InChI is InChI=1S/C37H51N9O2/c1-41(2)30-14-18-44(26-30)37-39-33-25-29(45-17-5-8-28-7-3-4-9-34(28)45)11-12-32(33)36(40-37)43-19-20-46(31(27-43)13-15-38)35(47)10-6-16-42-21-23-48-24-22-42/h3-4,6-7,9-10,29-31H,5,8,11-14,16-27H2,1-2H3/b10-6+/t29?,30-,31+/m1/s1. The molecule has 0 saturated carbocycles. The Morgan fingerprint density at radius 2 is 1.88 bits per heavy atom. The van der Waals surface area contributed by atoms with Crippen LogP contribution < -0.4 is 14.7 Å². The normalized spacial score (nSPS) is 25.0. The summed E-state index contributed by atoms with van der Waals surface area (Å²) in [5.41, 5.74) is 5.27. The van der Waals surface area contributed by atoms with Crippen molar-refractivity contribution in [2.75, 3.05) is 101 Å². The molecule has 11 nitrogen and oxygen atoms in total.